The van der Waals surface area contributed by atoms with E-state index in [1.165, 1.54) is 0 Å². The van der Waals surface area contributed by atoms with Gasteiger partial charge in [0.05, 0.1) is 10.9 Å². The molecule has 4 rings (SSSR count). The van der Waals surface area contributed by atoms with Crippen LogP contribution in [0.5, 0.6) is 0 Å². The summed E-state index contributed by atoms with van der Waals surface area (Å²) in [5.41, 5.74) is 2.46. The minimum absolute atomic E-state index is 0.152. The molecule has 1 aliphatic heterocycles. The molecule has 0 saturated heterocycles. The number of allylic oxidation sites excluding steroid dienone is 1. The lowest BCUT2D eigenvalue weighted by Crippen LogP contribution is -2.21. The lowest BCUT2D eigenvalue weighted by molar-refractivity contribution is -0.131. The summed E-state index contributed by atoms with van der Waals surface area (Å²) < 4.78 is 1.64. The van der Waals surface area contributed by atoms with Gasteiger partial charge in [-0.05, 0) is 47.9 Å². The van der Waals surface area contributed by atoms with Crippen molar-refractivity contribution in [2.45, 2.75) is 13.0 Å². The molecule has 0 aliphatic carbocycles. The van der Waals surface area contributed by atoms with Gasteiger partial charge in [-0.15, -0.1) is 0 Å². The number of anilines is 1. The van der Waals surface area contributed by atoms with Crippen LogP contribution in [0.3, 0.4) is 0 Å². The Kier molecular flexibility index (Phi) is 5.20. The fourth-order valence-electron chi connectivity index (χ4n) is 3.34. The largest absolute Gasteiger partial charge is 0.478 e. The van der Waals surface area contributed by atoms with Crippen molar-refractivity contribution >= 4 is 51.7 Å². The maximum atomic E-state index is 12.9. The molecule has 0 radical (unpaired) electrons. The Labute approximate surface area is 175 Å². The van der Waals surface area contributed by atoms with Gasteiger partial charge < -0.3 is 10.4 Å². The molecule has 1 aromatic heterocycles. The highest BCUT2D eigenvalue weighted by atomic mass is 35.5. The molecule has 0 bridgehead atoms. The van der Waals surface area contributed by atoms with E-state index in [1.54, 1.807) is 28.8 Å². The van der Waals surface area contributed by atoms with Crippen LogP contribution in [0.15, 0.2) is 59.4 Å². The topological polar surface area (TPSA) is 101 Å². The van der Waals surface area contributed by atoms with E-state index in [2.05, 4.69) is 10.3 Å². The van der Waals surface area contributed by atoms with Gasteiger partial charge in [0.1, 0.15) is 5.82 Å². The molecule has 30 heavy (non-hydrogen) atoms. The summed E-state index contributed by atoms with van der Waals surface area (Å²) >= 11 is 6.25. The number of nitrogens with one attached hydrogen (secondary N) is 1. The highest BCUT2D eigenvalue weighted by molar-refractivity contribution is 6.32. The highest BCUT2D eigenvalue weighted by Gasteiger charge is 2.21. The number of halogens is 1. The number of aliphatic carboxylic acids is 1. The maximum Gasteiger partial charge on any atom is 0.328 e. The molecule has 2 N–H and O–H groups in total. The minimum Gasteiger partial charge on any atom is -0.478 e. The molecule has 0 fully saturated rings. The predicted octanol–water partition coefficient (Wildman–Crippen LogP) is 3.57. The van der Waals surface area contributed by atoms with Crippen molar-refractivity contribution in [3.63, 3.8) is 0 Å². The molecule has 0 unspecified atom stereocenters. The van der Waals surface area contributed by atoms with Gasteiger partial charge in [0.25, 0.3) is 5.56 Å². The van der Waals surface area contributed by atoms with Gasteiger partial charge >= 0.3 is 5.97 Å². The van der Waals surface area contributed by atoms with Gasteiger partial charge in [0.2, 0.25) is 5.91 Å². The zero-order valence-electron chi connectivity index (χ0n) is 15.6. The third-order valence-corrected chi connectivity index (χ3v) is 5.07. The number of fused-ring (bicyclic) bond motifs is 2. The zero-order chi connectivity index (χ0) is 21.3. The SMILES string of the molecule is O=C(O)/C=C/C(=O)Nc1ccc2c(=O)n3c(nc2c1)C(=Cc1ccccc1Cl)CC3. The predicted molar refractivity (Wildman–Crippen MR) is 115 cm³/mol. The van der Waals surface area contributed by atoms with Crippen molar-refractivity contribution in [1.82, 2.24) is 9.55 Å². The first-order valence-corrected chi connectivity index (χ1v) is 9.52. The van der Waals surface area contributed by atoms with Gasteiger partial charge in [-0.2, -0.15) is 0 Å². The average Bonchev–Trinajstić information content (AvgIpc) is 3.11. The lowest BCUT2D eigenvalue weighted by Gasteiger charge is -2.08. The quantitative estimate of drug-likeness (QED) is 0.627. The van der Waals surface area contributed by atoms with E-state index >= 15 is 0 Å². The highest BCUT2D eigenvalue weighted by Crippen LogP contribution is 2.29. The molecule has 2 heterocycles. The van der Waals surface area contributed by atoms with Crippen molar-refractivity contribution in [1.29, 1.82) is 0 Å². The van der Waals surface area contributed by atoms with E-state index in [4.69, 9.17) is 16.7 Å². The van der Waals surface area contributed by atoms with Crippen LogP contribution in [0.25, 0.3) is 22.6 Å². The first-order chi connectivity index (χ1) is 14.4. The van der Waals surface area contributed by atoms with Crippen LogP contribution in [0, 0.1) is 0 Å². The third kappa shape index (κ3) is 3.88. The Hall–Kier alpha value is -3.71. The number of amides is 1. The molecule has 1 aliphatic rings. The second-order valence-electron chi connectivity index (χ2n) is 6.73. The Bertz CT molecular complexity index is 1310. The van der Waals surface area contributed by atoms with Crippen molar-refractivity contribution in [3.05, 3.63) is 81.4 Å². The first-order valence-electron chi connectivity index (χ1n) is 9.14. The molecule has 150 valence electrons. The molecule has 0 saturated carbocycles. The van der Waals surface area contributed by atoms with Gasteiger partial charge in [0.15, 0.2) is 0 Å². The van der Waals surface area contributed by atoms with Crippen LogP contribution in [0.2, 0.25) is 5.02 Å². The molecule has 0 spiro atoms. The summed E-state index contributed by atoms with van der Waals surface area (Å²) in [4.78, 5) is 39.9. The molecule has 7 nitrogen and oxygen atoms in total. The van der Waals surface area contributed by atoms with E-state index in [1.807, 2.05) is 24.3 Å². The van der Waals surface area contributed by atoms with Gasteiger partial charge in [-0.3, -0.25) is 14.2 Å². The van der Waals surface area contributed by atoms with E-state index in [0.29, 0.717) is 40.4 Å². The van der Waals surface area contributed by atoms with Crippen molar-refractivity contribution in [3.8, 4) is 0 Å². The van der Waals surface area contributed by atoms with Crippen LogP contribution >= 0.6 is 11.6 Å². The maximum absolute atomic E-state index is 12.9. The number of carboxylic acids is 1. The van der Waals surface area contributed by atoms with Crippen LogP contribution in [-0.4, -0.2) is 26.5 Å². The number of carbonyl (C=O) groups is 2. The second kappa shape index (κ2) is 7.96. The summed E-state index contributed by atoms with van der Waals surface area (Å²) in [5, 5.41) is 12.2. The third-order valence-electron chi connectivity index (χ3n) is 4.73. The fraction of sp³-hybridized carbons (Fsp3) is 0.0909. The molecule has 0 atom stereocenters. The molecule has 3 aromatic rings. The number of nitrogens with zero attached hydrogens (tertiary/aromatic N) is 2. The summed E-state index contributed by atoms with van der Waals surface area (Å²) in [6.07, 6.45) is 4.26. The number of aromatic nitrogens is 2. The summed E-state index contributed by atoms with van der Waals surface area (Å²) in [5.74, 6) is -1.23. The Morgan fingerprint density at radius 2 is 1.97 bits per heavy atom. The minimum atomic E-state index is -1.22. The monoisotopic (exact) mass is 421 g/mol. The standard InChI is InChI=1S/C22H16ClN3O4/c23-17-4-2-1-3-13(17)11-14-9-10-26-21(14)25-18-12-15(5-6-16(18)22(26)30)24-19(27)7-8-20(28)29/h1-8,11-12H,9-10H2,(H,24,27)(H,28,29)/b8-7+,14-11?. The molecule has 1 amide bonds. The van der Waals surface area contributed by atoms with E-state index < -0.39 is 11.9 Å². The molecule has 2 aromatic carbocycles. The van der Waals surface area contributed by atoms with Gasteiger partial charge in [0, 0.05) is 29.4 Å². The van der Waals surface area contributed by atoms with E-state index in [0.717, 1.165) is 23.3 Å². The second-order valence-corrected chi connectivity index (χ2v) is 7.13. The van der Waals surface area contributed by atoms with Crippen molar-refractivity contribution in [2.75, 3.05) is 5.32 Å². The summed E-state index contributed by atoms with van der Waals surface area (Å²) in [6, 6.07) is 12.2. The average molecular weight is 422 g/mol. The molecular weight excluding hydrogens is 406 g/mol. The molecular formula is C22H16ClN3O4. The normalized spacial score (nSPS) is 14.4. The number of hydrogen-bond acceptors (Lipinski definition) is 4. The first kappa shape index (κ1) is 19.6. The fourth-order valence-corrected chi connectivity index (χ4v) is 3.53. The van der Waals surface area contributed by atoms with Crippen LogP contribution in [0.4, 0.5) is 5.69 Å². The smallest absolute Gasteiger partial charge is 0.328 e. The number of carbonyl (C=O) groups excluding carboxylic acids is 1. The van der Waals surface area contributed by atoms with Gasteiger partial charge in [-0.25, -0.2) is 9.78 Å². The summed E-state index contributed by atoms with van der Waals surface area (Å²) in [6.45, 7) is 0.534. The Morgan fingerprint density at radius 3 is 2.73 bits per heavy atom. The number of benzene rings is 2. The van der Waals surface area contributed by atoms with E-state index in [9.17, 15) is 14.4 Å². The van der Waals surface area contributed by atoms with Gasteiger partial charge in [-0.1, -0.05) is 29.8 Å². The molecule has 8 heteroatoms. The number of rotatable bonds is 4. The van der Waals surface area contributed by atoms with Crippen LogP contribution in [-0.2, 0) is 16.1 Å². The van der Waals surface area contributed by atoms with Crippen molar-refractivity contribution < 1.29 is 14.7 Å². The van der Waals surface area contributed by atoms with E-state index in [-0.39, 0.29) is 5.56 Å². The lowest BCUT2D eigenvalue weighted by atomic mass is 10.1. The zero-order valence-corrected chi connectivity index (χ0v) is 16.4. The van der Waals surface area contributed by atoms with Crippen molar-refractivity contribution in [2.24, 2.45) is 0 Å². The summed E-state index contributed by atoms with van der Waals surface area (Å²) in [7, 11) is 0. The Balaban J connectivity index is 1.73. The Morgan fingerprint density at radius 1 is 1.17 bits per heavy atom. The van der Waals surface area contributed by atoms with Crippen LogP contribution < -0.4 is 10.9 Å². The van der Waals surface area contributed by atoms with Crippen LogP contribution in [0.1, 0.15) is 17.8 Å². The number of carboxylic acid groups (broad SMARTS) is 1. The number of hydrogen-bond donors (Lipinski definition) is 2.